The predicted octanol–water partition coefficient (Wildman–Crippen LogP) is 5.28. The van der Waals surface area contributed by atoms with Gasteiger partial charge >= 0.3 is 0 Å². The molecule has 2 heterocycles. The molecule has 1 amide bonds. The highest BCUT2D eigenvalue weighted by atomic mass is 32.2. The van der Waals surface area contributed by atoms with E-state index in [-0.39, 0.29) is 17.2 Å². The molecule has 1 atom stereocenters. The molecular formula is C27H25N5O2S. The van der Waals surface area contributed by atoms with Gasteiger partial charge in [-0.25, -0.2) is 4.57 Å². The van der Waals surface area contributed by atoms with E-state index >= 15 is 0 Å². The molecule has 0 radical (unpaired) electrons. The SMILES string of the molecule is CC[C@@H](C)c1ccc(NC(=O)CSc2nnc3n(-c4ccccc4)c(=O)c4ccccc4n23)cc1. The number of hydrogen-bond donors (Lipinski definition) is 1. The topological polar surface area (TPSA) is 81.3 Å². The first-order chi connectivity index (χ1) is 17.1. The Hall–Kier alpha value is -3.91. The third-order valence-electron chi connectivity index (χ3n) is 6.12. The monoisotopic (exact) mass is 483 g/mol. The Morgan fingerprint density at radius 3 is 2.43 bits per heavy atom. The lowest BCUT2D eigenvalue weighted by Crippen LogP contribution is -2.21. The summed E-state index contributed by atoms with van der Waals surface area (Å²) in [6.45, 7) is 4.35. The lowest BCUT2D eigenvalue weighted by atomic mass is 9.99. The van der Waals surface area contributed by atoms with Gasteiger partial charge in [-0.2, -0.15) is 0 Å². The minimum absolute atomic E-state index is 0.135. The number of nitrogens with one attached hydrogen (secondary N) is 1. The number of hydrogen-bond acceptors (Lipinski definition) is 5. The Morgan fingerprint density at radius 2 is 1.69 bits per heavy atom. The van der Waals surface area contributed by atoms with E-state index in [4.69, 9.17) is 0 Å². The van der Waals surface area contributed by atoms with Crippen LogP contribution in [0.25, 0.3) is 22.4 Å². The van der Waals surface area contributed by atoms with Crippen LogP contribution >= 0.6 is 11.8 Å². The highest BCUT2D eigenvalue weighted by Crippen LogP contribution is 2.24. The van der Waals surface area contributed by atoms with Crippen molar-refractivity contribution in [2.75, 3.05) is 11.1 Å². The number of fused-ring (bicyclic) bond motifs is 3. The number of carbonyl (C=O) groups is 1. The molecule has 8 heteroatoms. The predicted molar refractivity (Wildman–Crippen MR) is 141 cm³/mol. The van der Waals surface area contributed by atoms with Crippen molar-refractivity contribution >= 4 is 40.0 Å². The fraction of sp³-hybridized carbons (Fsp3) is 0.185. The second-order valence-corrected chi connectivity index (χ2v) is 9.32. The molecule has 7 nitrogen and oxygen atoms in total. The van der Waals surface area contributed by atoms with E-state index in [0.29, 0.717) is 33.4 Å². The van der Waals surface area contributed by atoms with Gasteiger partial charge in [-0.15, -0.1) is 10.2 Å². The molecule has 176 valence electrons. The van der Waals surface area contributed by atoms with Crippen LogP contribution in [-0.2, 0) is 4.79 Å². The Bertz CT molecular complexity index is 1560. The van der Waals surface area contributed by atoms with Crippen LogP contribution in [0.15, 0.2) is 88.8 Å². The molecule has 0 fully saturated rings. The number of amides is 1. The van der Waals surface area contributed by atoms with Gasteiger partial charge in [0, 0.05) is 5.69 Å². The van der Waals surface area contributed by atoms with Crippen molar-refractivity contribution in [3.63, 3.8) is 0 Å². The summed E-state index contributed by atoms with van der Waals surface area (Å²) in [6, 6.07) is 24.7. The van der Waals surface area contributed by atoms with Crippen LogP contribution in [0.1, 0.15) is 31.7 Å². The summed E-state index contributed by atoms with van der Waals surface area (Å²) >= 11 is 1.28. The van der Waals surface area contributed by atoms with Crippen molar-refractivity contribution in [2.45, 2.75) is 31.3 Å². The largest absolute Gasteiger partial charge is 0.325 e. The minimum atomic E-state index is -0.165. The third kappa shape index (κ3) is 4.44. The molecule has 0 saturated carbocycles. The number of benzene rings is 3. The third-order valence-corrected chi connectivity index (χ3v) is 7.05. The first kappa shape index (κ1) is 22.9. The summed E-state index contributed by atoms with van der Waals surface area (Å²) in [5.74, 6) is 0.916. The fourth-order valence-corrected chi connectivity index (χ4v) is 4.78. The number of thioether (sulfide) groups is 1. The summed E-state index contributed by atoms with van der Waals surface area (Å²) in [6.07, 6.45) is 1.07. The average Bonchev–Trinajstić information content (AvgIpc) is 3.32. The summed E-state index contributed by atoms with van der Waals surface area (Å²) in [5, 5.41) is 12.7. The van der Waals surface area contributed by atoms with E-state index in [1.807, 2.05) is 65.1 Å². The maximum Gasteiger partial charge on any atom is 0.267 e. The van der Waals surface area contributed by atoms with E-state index in [1.54, 1.807) is 10.6 Å². The molecule has 35 heavy (non-hydrogen) atoms. The van der Waals surface area contributed by atoms with Gasteiger partial charge in [0.25, 0.3) is 5.56 Å². The Labute approximate surface area is 206 Å². The van der Waals surface area contributed by atoms with Gasteiger partial charge in [0.1, 0.15) is 0 Å². The molecule has 0 aliphatic carbocycles. The molecule has 0 aliphatic rings. The molecule has 0 spiro atoms. The van der Waals surface area contributed by atoms with Crippen LogP contribution in [-0.4, -0.2) is 30.8 Å². The van der Waals surface area contributed by atoms with Crippen molar-refractivity contribution in [2.24, 2.45) is 0 Å². The molecule has 3 aromatic carbocycles. The summed E-state index contributed by atoms with van der Waals surface area (Å²) in [7, 11) is 0. The van der Waals surface area contributed by atoms with Gasteiger partial charge in [-0.1, -0.05) is 68.1 Å². The number of rotatable bonds is 7. The van der Waals surface area contributed by atoms with Crippen molar-refractivity contribution in [3.05, 3.63) is 94.8 Å². The van der Waals surface area contributed by atoms with Crippen molar-refractivity contribution in [3.8, 4) is 5.69 Å². The van der Waals surface area contributed by atoms with Crippen molar-refractivity contribution in [1.29, 1.82) is 0 Å². The van der Waals surface area contributed by atoms with Crippen LogP contribution in [0.2, 0.25) is 0 Å². The zero-order valence-corrected chi connectivity index (χ0v) is 20.3. The highest BCUT2D eigenvalue weighted by molar-refractivity contribution is 7.99. The smallest absolute Gasteiger partial charge is 0.267 e. The Kier molecular flexibility index (Phi) is 6.37. The fourth-order valence-electron chi connectivity index (χ4n) is 4.04. The van der Waals surface area contributed by atoms with E-state index in [0.717, 1.165) is 12.1 Å². The molecule has 0 bridgehead atoms. The first-order valence-corrected chi connectivity index (χ1v) is 12.5. The quantitative estimate of drug-likeness (QED) is 0.319. The molecule has 0 unspecified atom stereocenters. The first-order valence-electron chi connectivity index (χ1n) is 11.5. The summed E-state index contributed by atoms with van der Waals surface area (Å²) in [5.41, 5.74) is 3.26. The zero-order valence-electron chi connectivity index (χ0n) is 19.5. The van der Waals surface area contributed by atoms with Gasteiger partial charge in [0.05, 0.1) is 22.3 Å². The second-order valence-electron chi connectivity index (χ2n) is 8.38. The normalized spacial score (nSPS) is 12.2. The van der Waals surface area contributed by atoms with Crippen LogP contribution in [0.3, 0.4) is 0 Å². The van der Waals surface area contributed by atoms with Crippen LogP contribution in [0, 0.1) is 0 Å². The molecular weight excluding hydrogens is 458 g/mol. The second kappa shape index (κ2) is 9.76. The van der Waals surface area contributed by atoms with E-state index in [2.05, 4.69) is 41.5 Å². The van der Waals surface area contributed by atoms with Gasteiger partial charge in [0.15, 0.2) is 5.16 Å². The summed E-state index contributed by atoms with van der Waals surface area (Å²) < 4.78 is 3.39. The Morgan fingerprint density at radius 1 is 0.971 bits per heavy atom. The van der Waals surface area contributed by atoms with Gasteiger partial charge in [0.2, 0.25) is 11.7 Å². The molecule has 2 aromatic heterocycles. The maximum atomic E-state index is 13.3. The van der Waals surface area contributed by atoms with Gasteiger partial charge in [-0.05, 0) is 54.3 Å². The number of nitrogens with zero attached hydrogens (tertiary/aromatic N) is 4. The standard InChI is InChI=1S/C27H25N5O2S/c1-3-18(2)19-13-15-20(16-14-19)28-24(33)17-35-27-30-29-26-31(21-9-5-4-6-10-21)25(34)22-11-7-8-12-23(22)32(26)27/h4-16,18H,3,17H2,1-2H3,(H,28,33)/t18-/m1/s1. The lowest BCUT2D eigenvalue weighted by molar-refractivity contribution is -0.113. The molecule has 0 saturated heterocycles. The minimum Gasteiger partial charge on any atom is -0.325 e. The number of aromatic nitrogens is 4. The van der Waals surface area contributed by atoms with Gasteiger partial charge < -0.3 is 5.32 Å². The number of carbonyl (C=O) groups excluding carboxylic acids is 1. The Balaban J connectivity index is 1.44. The molecule has 5 aromatic rings. The zero-order chi connectivity index (χ0) is 24.4. The summed E-state index contributed by atoms with van der Waals surface area (Å²) in [4.78, 5) is 26.0. The number of para-hydroxylation sites is 2. The molecule has 5 rings (SSSR count). The number of anilines is 1. The average molecular weight is 484 g/mol. The lowest BCUT2D eigenvalue weighted by Gasteiger charge is -2.11. The van der Waals surface area contributed by atoms with E-state index in [1.165, 1.54) is 17.3 Å². The maximum absolute atomic E-state index is 13.3. The molecule has 1 N–H and O–H groups in total. The van der Waals surface area contributed by atoms with Crippen LogP contribution in [0.5, 0.6) is 0 Å². The van der Waals surface area contributed by atoms with Crippen molar-refractivity contribution < 1.29 is 4.79 Å². The van der Waals surface area contributed by atoms with Crippen LogP contribution in [0.4, 0.5) is 5.69 Å². The van der Waals surface area contributed by atoms with Crippen LogP contribution < -0.4 is 10.9 Å². The highest BCUT2D eigenvalue weighted by Gasteiger charge is 2.18. The van der Waals surface area contributed by atoms with E-state index in [9.17, 15) is 9.59 Å². The molecule has 0 aliphatic heterocycles. The van der Waals surface area contributed by atoms with Gasteiger partial charge in [-0.3, -0.25) is 14.0 Å². The van der Waals surface area contributed by atoms with E-state index < -0.39 is 0 Å². The van der Waals surface area contributed by atoms with Crippen molar-refractivity contribution in [1.82, 2.24) is 19.2 Å².